The lowest BCUT2D eigenvalue weighted by Gasteiger charge is -2.25. The number of piperidine rings is 1. The van der Waals surface area contributed by atoms with Crippen LogP contribution in [0.1, 0.15) is 25.7 Å². The molecule has 9 nitrogen and oxygen atoms in total. The smallest absolute Gasteiger partial charge is 0.229 e. The Morgan fingerprint density at radius 2 is 1.85 bits per heavy atom. The van der Waals surface area contributed by atoms with E-state index in [9.17, 15) is 14.7 Å². The van der Waals surface area contributed by atoms with Crippen molar-refractivity contribution in [2.45, 2.75) is 31.8 Å². The van der Waals surface area contributed by atoms with Crippen LogP contribution in [0.2, 0.25) is 0 Å². The lowest BCUT2D eigenvalue weighted by molar-refractivity contribution is -0.139. The van der Waals surface area contributed by atoms with Crippen molar-refractivity contribution in [1.82, 2.24) is 14.9 Å². The second-order valence-corrected chi connectivity index (χ2v) is 5.03. The Bertz CT molecular complexity index is 466. The minimum absolute atomic E-state index is 0.146. The molecule has 0 bridgehead atoms. The summed E-state index contributed by atoms with van der Waals surface area (Å²) in [5.41, 5.74) is 0. The number of aliphatic hydroxyl groups is 1. The third-order valence-corrected chi connectivity index (χ3v) is 3.61. The second-order valence-electron chi connectivity index (χ2n) is 5.03. The van der Waals surface area contributed by atoms with Crippen LogP contribution in [0.15, 0.2) is 4.63 Å². The van der Waals surface area contributed by atoms with Crippen molar-refractivity contribution in [2.24, 2.45) is 0 Å². The van der Waals surface area contributed by atoms with Gasteiger partial charge in [-0.2, -0.15) is 4.63 Å². The van der Waals surface area contributed by atoms with Gasteiger partial charge < -0.3 is 9.94 Å². The summed E-state index contributed by atoms with van der Waals surface area (Å²) < 4.78 is 5.11. The Morgan fingerprint density at radius 1 is 1.20 bits per heavy atom. The quantitative estimate of drug-likeness (QED) is 0.666. The summed E-state index contributed by atoms with van der Waals surface area (Å²) in [5, 5.41) is 12.5. The monoisotopic (exact) mass is 286 g/mol. The van der Waals surface area contributed by atoms with Gasteiger partial charge in [-0.05, 0) is 12.8 Å². The molecule has 2 aliphatic rings. The highest BCUT2D eigenvalue weighted by atomic mass is 17.0. The molecule has 0 saturated carbocycles. The third-order valence-electron chi connectivity index (χ3n) is 3.61. The lowest BCUT2D eigenvalue weighted by atomic mass is 10.1. The number of aromatic nitrogens is 2. The molecule has 2 amide bonds. The molecule has 1 aromatic rings. The topological polar surface area (TPSA) is 93.1 Å². The molecule has 2 aliphatic heterocycles. The Hall–Kier alpha value is -1.90. The van der Waals surface area contributed by atoms with Crippen LogP contribution in [0.4, 0.5) is 0 Å². The molecule has 2 fully saturated rings. The summed E-state index contributed by atoms with van der Waals surface area (Å²) in [5.74, 6) is -0.292. The number of hydrogen-bond donors (Lipinski definition) is 1. The van der Waals surface area contributed by atoms with E-state index in [1.807, 2.05) is 5.01 Å². The van der Waals surface area contributed by atoms with Crippen molar-refractivity contribution in [2.75, 3.05) is 31.3 Å². The van der Waals surface area contributed by atoms with Crippen molar-refractivity contribution in [3.8, 4) is 0 Å². The number of rotatable bonds is 5. The van der Waals surface area contributed by atoms with E-state index in [0.29, 0.717) is 38.8 Å². The number of aliphatic hydroxyl groups excluding tert-OH is 1. The molecule has 0 radical (unpaired) electrons. The van der Waals surface area contributed by atoms with Gasteiger partial charge in [0.25, 0.3) is 0 Å². The average Bonchev–Trinajstić information content (AvgIpc) is 3.14. The summed E-state index contributed by atoms with van der Waals surface area (Å²) in [6.07, 6.45) is 1.74. The zero-order chi connectivity index (χ0) is 14.1. The first kappa shape index (κ1) is 13.1. The molecule has 0 aromatic carbocycles. The number of carbonyl (C=O) groups is 2. The lowest BCUT2D eigenvalue weighted by Crippen LogP contribution is -2.42. The van der Waals surface area contributed by atoms with Crippen LogP contribution in [-0.2, 0) is 9.59 Å². The standard InChI is InChI=1S/C11H18N4O5/c16-9-3-5-12(6-4-9)14-15(20-14)19-8-7-13-10(17)1-2-11(13)18/h9,16H,1-8H2. The first-order valence-corrected chi connectivity index (χ1v) is 6.82. The molecule has 2 saturated heterocycles. The first-order valence-electron chi connectivity index (χ1n) is 6.82. The number of amides is 2. The molecule has 0 atom stereocenters. The van der Waals surface area contributed by atoms with Gasteiger partial charge in [0.15, 0.2) is 0 Å². The van der Waals surface area contributed by atoms with E-state index < -0.39 is 0 Å². The fourth-order valence-electron chi connectivity index (χ4n) is 2.38. The van der Waals surface area contributed by atoms with Gasteiger partial charge in [0.05, 0.1) is 12.6 Å². The Balaban J connectivity index is 1.40. The van der Waals surface area contributed by atoms with Crippen LogP contribution >= 0.6 is 0 Å². The van der Waals surface area contributed by atoms with Crippen LogP contribution in [0.3, 0.4) is 0 Å². The molecular formula is C11H18N4O5. The molecule has 0 aliphatic carbocycles. The van der Waals surface area contributed by atoms with Gasteiger partial charge in [-0.3, -0.25) is 19.5 Å². The number of likely N-dealkylation sites (tertiary alicyclic amines) is 1. The van der Waals surface area contributed by atoms with E-state index in [-0.39, 0.29) is 31.1 Å². The number of hydrogen-bond acceptors (Lipinski definition) is 6. The van der Waals surface area contributed by atoms with Crippen molar-refractivity contribution in [3.63, 3.8) is 0 Å². The predicted octanol–water partition coefficient (Wildman–Crippen LogP) is -1.45. The fourth-order valence-corrected chi connectivity index (χ4v) is 2.38. The van der Waals surface area contributed by atoms with Gasteiger partial charge in [0.2, 0.25) is 11.8 Å². The molecule has 0 spiro atoms. The predicted molar refractivity (Wildman–Crippen MR) is 65.3 cm³/mol. The van der Waals surface area contributed by atoms with Gasteiger partial charge in [0.1, 0.15) is 11.6 Å². The second kappa shape index (κ2) is 5.23. The number of nitrogens with zero attached hydrogens (tertiary/aromatic N) is 4. The largest absolute Gasteiger partial charge is 0.393 e. The summed E-state index contributed by atoms with van der Waals surface area (Å²) in [6.45, 7) is 1.84. The highest BCUT2D eigenvalue weighted by Gasteiger charge is 2.29. The molecule has 112 valence electrons. The molecule has 20 heavy (non-hydrogen) atoms. The molecule has 9 heteroatoms. The molecule has 3 heterocycles. The van der Waals surface area contributed by atoms with Gasteiger partial charge in [-0.25, -0.2) is 0 Å². The zero-order valence-electron chi connectivity index (χ0n) is 11.1. The van der Waals surface area contributed by atoms with E-state index >= 15 is 0 Å². The zero-order valence-corrected chi connectivity index (χ0v) is 11.1. The maximum atomic E-state index is 11.4. The molecule has 1 aromatic heterocycles. The highest BCUT2D eigenvalue weighted by molar-refractivity contribution is 6.01. The minimum atomic E-state index is -0.243. The van der Waals surface area contributed by atoms with Crippen molar-refractivity contribution in [1.29, 1.82) is 0 Å². The van der Waals surface area contributed by atoms with E-state index in [1.54, 1.807) is 0 Å². The highest BCUT2D eigenvalue weighted by Crippen LogP contribution is 2.12. The van der Waals surface area contributed by atoms with Gasteiger partial charge in [-0.1, -0.05) is 0 Å². The molecule has 0 unspecified atom stereocenters. The number of imide groups is 1. The van der Waals surface area contributed by atoms with E-state index in [0.717, 1.165) is 0 Å². The molecule has 1 N–H and O–H groups in total. The van der Waals surface area contributed by atoms with Gasteiger partial charge >= 0.3 is 0 Å². The van der Waals surface area contributed by atoms with Gasteiger partial charge in [0, 0.05) is 30.9 Å². The van der Waals surface area contributed by atoms with Crippen LogP contribution in [0.25, 0.3) is 0 Å². The summed E-state index contributed by atoms with van der Waals surface area (Å²) in [4.78, 5) is 30.7. The van der Waals surface area contributed by atoms with Gasteiger partial charge in [-0.15, -0.1) is 0 Å². The first-order chi connectivity index (χ1) is 9.65. The number of carbonyl (C=O) groups excluding carboxylic acids is 2. The maximum absolute atomic E-state index is 11.4. The van der Waals surface area contributed by atoms with Crippen LogP contribution in [-0.4, -0.2) is 64.1 Å². The minimum Gasteiger partial charge on any atom is -0.393 e. The third kappa shape index (κ3) is 2.67. The van der Waals surface area contributed by atoms with E-state index in [2.05, 4.69) is 0 Å². The summed E-state index contributed by atoms with van der Waals surface area (Å²) in [7, 11) is 0. The van der Waals surface area contributed by atoms with E-state index in [4.69, 9.17) is 9.47 Å². The van der Waals surface area contributed by atoms with E-state index in [1.165, 1.54) is 14.9 Å². The van der Waals surface area contributed by atoms with Crippen molar-refractivity contribution in [3.05, 3.63) is 0 Å². The van der Waals surface area contributed by atoms with Crippen molar-refractivity contribution < 1.29 is 24.2 Å². The fraction of sp³-hybridized carbons (Fsp3) is 0.818. The van der Waals surface area contributed by atoms with Crippen LogP contribution in [0, 0.1) is 0 Å². The maximum Gasteiger partial charge on any atom is 0.229 e. The summed E-state index contributed by atoms with van der Waals surface area (Å²) >= 11 is 0. The SMILES string of the molecule is O=C1CCC(=O)N1CCOn1on1N1CCC(O)CC1. The molecule has 3 rings (SSSR count). The molecular weight excluding hydrogens is 268 g/mol. The Morgan fingerprint density at radius 3 is 2.50 bits per heavy atom. The van der Waals surface area contributed by atoms with Crippen molar-refractivity contribution >= 4 is 11.8 Å². The van der Waals surface area contributed by atoms with Crippen LogP contribution in [0.5, 0.6) is 0 Å². The summed E-state index contributed by atoms with van der Waals surface area (Å²) in [6, 6.07) is 0. The Labute approximate surface area is 115 Å². The average molecular weight is 286 g/mol. The normalized spacial score (nSPS) is 21.2. The Kier molecular flexibility index (Phi) is 3.43. The van der Waals surface area contributed by atoms with Crippen LogP contribution < -0.4 is 9.85 Å².